The lowest BCUT2D eigenvalue weighted by Gasteiger charge is -2.11. The number of halogens is 5. The van der Waals surface area contributed by atoms with Crippen molar-refractivity contribution in [3.63, 3.8) is 0 Å². The molecule has 0 unspecified atom stereocenters. The number of benzene rings is 2. The Bertz CT molecular complexity index is 599. The molecule has 0 radical (unpaired) electrons. The second-order valence-electron chi connectivity index (χ2n) is 3.70. The molecule has 0 spiro atoms. The molecule has 2 aromatic rings. The van der Waals surface area contributed by atoms with Crippen LogP contribution in [-0.4, -0.2) is 0 Å². The highest BCUT2D eigenvalue weighted by atomic mass is 127. The lowest BCUT2D eigenvalue weighted by Crippen LogP contribution is -2.04. The average Bonchev–Trinajstić information content (AvgIpc) is 2.30. The van der Waals surface area contributed by atoms with Crippen molar-refractivity contribution in [2.45, 2.75) is 6.18 Å². The van der Waals surface area contributed by atoms with E-state index in [-0.39, 0.29) is 4.47 Å². The van der Waals surface area contributed by atoms with Crippen LogP contribution < -0.4 is 4.74 Å². The minimum absolute atomic E-state index is 0.265. The molecule has 19 heavy (non-hydrogen) atoms. The fourth-order valence-electron chi connectivity index (χ4n) is 1.42. The monoisotopic (exact) mass is 442 g/mol. The molecule has 2 aromatic carbocycles. The third-order valence-electron chi connectivity index (χ3n) is 2.28. The van der Waals surface area contributed by atoms with E-state index in [9.17, 15) is 13.2 Å². The summed E-state index contributed by atoms with van der Waals surface area (Å²) in [5, 5.41) is 0. The van der Waals surface area contributed by atoms with Gasteiger partial charge >= 0.3 is 6.18 Å². The van der Waals surface area contributed by atoms with Crippen molar-refractivity contribution in [3.05, 3.63) is 56.1 Å². The van der Waals surface area contributed by atoms with Crippen LogP contribution in [0.15, 0.2) is 46.9 Å². The van der Waals surface area contributed by atoms with E-state index < -0.39 is 11.7 Å². The van der Waals surface area contributed by atoms with Crippen LogP contribution in [0.1, 0.15) is 5.56 Å². The smallest absolute Gasteiger partial charge is 0.416 e. The molecule has 0 amide bonds. The van der Waals surface area contributed by atoms with Gasteiger partial charge in [0, 0.05) is 3.57 Å². The Balaban J connectivity index is 2.27. The summed E-state index contributed by atoms with van der Waals surface area (Å²) >= 11 is 5.22. The maximum Gasteiger partial charge on any atom is 0.416 e. The van der Waals surface area contributed by atoms with Gasteiger partial charge in [0.05, 0.1) is 10.0 Å². The van der Waals surface area contributed by atoms with Crippen molar-refractivity contribution in [2.75, 3.05) is 0 Å². The van der Waals surface area contributed by atoms with Gasteiger partial charge in [-0.05, 0) is 74.9 Å². The second-order valence-corrected chi connectivity index (χ2v) is 5.80. The van der Waals surface area contributed by atoms with Crippen molar-refractivity contribution in [2.24, 2.45) is 0 Å². The topological polar surface area (TPSA) is 9.23 Å². The maximum atomic E-state index is 12.5. The van der Waals surface area contributed by atoms with Crippen molar-refractivity contribution in [1.82, 2.24) is 0 Å². The number of ether oxygens (including phenoxy) is 1. The molecule has 1 nitrogen and oxygen atoms in total. The van der Waals surface area contributed by atoms with Crippen molar-refractivity contribution in [3.8, 4) is 11.5 Å². The first-order chi connectivity index (χ1) is 8.86. The maximum absolute atomic E-state index is 12.5. The molecule has 6 heteroatoms. The molecule has 0 aliphatic rings. The molecule has 0 atom stereocenters. The summed E-state index contributed by atoms with van der Waals surface area (Å²) in [6.07, 6.45) is -4.36. The SMILES string of the molecule is FC(F)(F)c1ccc(Oc2cccc(I)c2)c(Br)c1. The van der Waals surface area contributed by atoms with Gasteiger partial charge in [-0.25, -0.2) is 0 Å². The van der Waals surface area contributed by atoms with Crippen LogP contribution in [0.25, 0.3) is 0 Å². The van der Waals surface area contributed by atoms with Crippen LogP contribution in [0.3, 0.4) is 0 Å². The second kappa shape index (κ2) is 5.70. The molecule has 100 valence electrons. The van der Waals surface area contributed by atoms with Gasteiger partial charge in [-0.15, -0.1) is 0 Å². The summed E-state index contributed by atoms with van der Waals surface area (Å²) in [5.41, 5.74) is -0.714. The van der Waals surface area contributed by atoms with Crippen molar-refractivity contribution >= 4 is 38.5 Å². The Morgan fingerprint density at radius 2 is 1.79 bits per heavy atom. The lowest BCUT2D eigenvalue weighted by molar-refractivity contribution is -0.137. The Labute approximate surface area is 130 Å². The molecule has 2 rings (SSSR count). The minimum Gasteiger partial charge on any atom is -0.456 e. The first kappa shape index (κ1) is 14.6. The van der Waals surface area contributed by atoms with Crippen LogP contribution in [-0.2, 0) is 6.18 Å². The Kier molecular flexibility index (Phi) is 4.39. The zero-order chi connectivity index (χ0) is 14.0. The third-order valence-corrected chi connectivity index (χ3v) is 3.57. The van der Waals surface area contributed by atoms with E-state index in [0.717, 1.165) is 15.7 Å². The van der Waals surface area contributed by atoms with Gasteiger partial charge in [0.25, 0.3) is 0 Å². The quantitative estimate of drug-likeness (QED) is 0.529. The molecule has 0 aliphatic heterocycles. The van der Waals surface area contributed by atoms with Crippen molar-refractivity contribution in [1.29, 1.82) is 0 Å². The molecule has 0 aromatic heterocycles. The zero-order valence-corrected chi connectivity index (χ0v) is 13.1. The number of hydrogen-bond donors (Lipinski definition) is 0. The fourth-order valence-corrected chi connectivity index (χ4v) is 2.39. The predicted octanol–water partition coefficient (Wildman–Crippen LogP) is 5.86. The van der Waals surface area contributed by atoms with E-state index in [1.165, 1.54) is 6.07 Å². The van der Waals surface area contributed by atoms with Crippen LogP contribution in [0.5, 0.6) is 11.5 Å². The van der Waals surface area contributed by atoms with Gasteiger partial charge in [0.15, 0.2) is 0 Å². The highest BCUT2D eigenvalue weighted by Crippen LogP contribution is 2.36. The zero-order valence-electron chi connectivity index (χ0n) is 9.34. The largest absolute Gasteiger partial charge is 0.456 e. The Hall–Kier alpha value is -0.760. The van der Waals surface area contributed by atoms with E-state index in [1.807, 2.05) is 12.1 Å². The normalized spacial score (nSPS) is 11.4. The summed E-state index contributed by atoms with van der Waals surface area (Å²) in [4.78, 5) is 0. The molecule has 0 N–H and O–H groups in total. The molecule has 0 saturated carbocycles. The van der Waals surface area contributed by atoms with E-state index in [4.69, 9.17) is 4.74 Å². The lowest BCUT2D eigenvalue weighted by atomic mass is 10.2. The molecular weight excluding hydrogens is 436 g/mol. The molecular formula is C13H7BrF3IO. The highest BCUT2D eigenvalue weighted by Gasteiger charge is 2.30. The molecule has 0 heterocycles. The number of alkyl halides is 3. The minimum atomic E-state index is -4.36. The van der Waals surface area contributed by atoms with Crippen LogP contribution in [0, 0.1) is 3.57 Å². The number of hydrogen-bond acceptors (Lipinski definition) is 1. The van der Waals surface area contributed by atoms with E-state index in [1.54, 1.807) is 12.1 Å². The first-order valence-electron chi connectivity index (χ1n) is 5.16. The first-order valence-corrected chi connectivity index (χ1v) is 7.03. The van der Waals surface area contributed by atoms with E-state index in [0.29, 0.717) is 11.5 Å². The third kappa shape index (κ3) is 3.85. The molecule has 0 bridgehead atoms. The summed E-state index contributed by atoms with van der Waals surface area (Å²) in [7, 11) is 0. The summed E-state index contributed by atoms with van der Waals surface area (Å²) in [5.74, 6) is 0.919. The average molecular weight is 443 g/mol. The Morgan fingerprint density at radius 1 is 1.05 bits per heavy atom. The Morgan fingerprint density at radius 3 is 2.37 bits per heavy atom. The van der Waals surface area contributed by atoms with Crippen LogP contribution in [0.2, 0.25) is 0 Å². The molecule has 0 aliphatic carbocycles. The number of rotatable bonds is 2. The van der Waals surface area contributed by atoms with Crippen LogP contribution in [0.4, 0.5) is 13.2 Å². The van der Waals surface area contributed by atoms with Crippen molar-refractivity contribution < 1.29 is 17.9 Å². The standard InChI is InChI=1S/C13H7BrF3IO/c14-11-6-8(13(15,16)17)4-5-12(11)19-10-3-1-2-9(18)7-10/h1-7H. The van der Waals surface area contributed by atoms with E-state index in [2.05, 4.69) is 38.5 Å². The van der Waals surface area contributed by atoms with Gasteiger partial charge in [-0.3, -0.25) is 0 Å². The summed E-state index contributed by atoms with van der Waals surface area (Å²) in [6, 6.07) is 10.5. The fraction of sp³-hybridized carbons (Fsp3) is 0.0769. The van der Waals surface area contributed by atoms with Gasteiger partial charge in [-0.1, -0.05) is 6.07 Å². The van der Waals surface area contributed by atoms with Gasteiger partial charge in [0.2, 0.25) is 0 Å². The summed E-state index contributed by atoms with van der Waals surface area (Å²) < 4.78 is 44.3. The van der Waals surface area contributed by atoms with E-state index >= 15 is 0 Å². The van der Waals surface area contributed by atoms with Gasteiger partial charge in [-0.2, -0.15) is 13.2 Å². The molecule has 0 saturated heterocycles. The van der Waals surface area contributed by atoms with Crippen LogP contribution >= 0.6 is 38.5 Å². The highest BCUT2D eigenvalue weighted by molar-refractivity contribution is 14.1. The summed E-state index contributed by atoms with van der Waals surface area (Å²) in [6.45, 7) is 0. The predicted molar refractivity (Wildman–Crippen MR) is 78.4 cm³/mol. The van der Waals surface area contributed by atoms with Gasteiger partial charge < -0.3 is 4.74 Å². The van der Waals surface area contributed by atoms with Gasteiger partial charge in [0.1, 0.15) is 11.5 Å². The molecule has 0 fully saturated rings.